The Bertz CT molecular complexity index is 533. The number of aromatic nitrogens is 2. The molecule has 1 N–H and O–H groups in total. The summed E-state index contributed by atoms with van der Waals surface area (Å²) in [5, 5.41) is 0.601. The minimum absolute atomic E-state index is 0.134. The van der Waals surface area contributed by atoms with Crippen molar-refractivity contribution >= 4 is 22.5 Å². The lowest BCUT2D eigenvalue weighted by Gasteiger charge is -2.00. The first-order valence-corrected chi connectivity index (χ1v) is 4.79. The zero-order valence-electron chi connectivity index (χ0n) is 7.67. The molecule has 2 aromatic rings. The van der Waals surface area contributed by atoms with Gasteiger partial charge in [0.1, 0.15) is 5.82 Å². The van der Waals surface area contributed by atoms with Crippen LogP contribution in [0.1, 0.15) is 11.4 Å². The fourth-order valence-electron chi connectivity index (χ4n) is 1.36. The maximum atomic E-state index is 11.5. The number of nitrogens with one attached hydrogen (secondary N) is 1. The molecule has 1 heterocycles. The van der Waals surface area contributed by atoms with Gasteiger partial charge in [-0.1, -0.05) is 6.07 Å². The Hall–Kier alpha value is -1.35. The standard InChI is InChI=1S/C10H9ClN2O/c1-6-2-3-7-8(4-6)12-9(5-11)13-10(7)14/h2-4H,5H2,1H3,(H,12,13,14). The number of fused-ring (bicyclic) bond motifs is 1. The lowest BCUT2D eigenvalue weighted by atomic mass is 10.2. The highest BCUT2D eigenvalue weighted by Crippen LogP contribution is 2.09. The van der Waals surface area contributed by atoms with E-state index in [1.54, 1.807) is 6.07 Å². The van der Waals surface area contributed by atoms with E-state index in [2.05, 4.69) is 9.97 Å². The highest BCUT2D eigenvalue weighted by molar-refractivity contribution is 6.16. The molecule has 0 spiro atoms. The number of benzene rings is 1. The van der Waals surface area contributed by atoms with Crippen molar-refractivity contribution in [2.45, 2.75) is 12.8 Å². The number of halogens is 1. The molecule has 0 saturated carbocycles. The van der Waals surface area contributed by atoms with Gasteiger partial charge in [0.15, 0.2) is 0 Å². The molecular weight excluding hydrogens is 200 g/mol. The van der Waals surface area contributed by atoms with Crippen LogP contribution in [-0.2, 0) is 5.88 Å². The third-order valence-corrected chi connectivity index (χ3v) is 2.29. The number of nitrogens with zero attached hydrogens (tertiary/aromatic N) is 1. The number of rotatable bonds is 1. The Morgan fingerprint density at radius 2 is 2.29 bits per heavy atom. The van der Waals surface area contributed by atoms with Crippen molar-refractivity contribution in [2.24, 2.45) is 0 Å². The molecule has 0 aliphatic rings. The topological polar surface area (TPSA) is 45.8 Å². The van der Waals surface area contributed by atoms with Gasteiger partial charge in [0, 0.05) is 0 Å². The number of H-pyrrole nitrogens is 1. The van der Waals surface area contributed by atoms with E-state index in [9.17, 15) is 4.79 Å². The predicted molar refractivity (Wildman–Crippen MR) is 56.7 cm³/mol. The summed E-state index contributed by atoms with van der Waals surface area (Å²) < 4.78 is 0. The monoisotopic (exact) mass is 208 g/mol. The van der Waals surface area contributed by atoms with Gasteiger partial charge < -0.3 is 4.98 Å². The maximum absolute atomic E-state index is 11.5. The van der Waals surface area contributed by atoms with Crippen molar-refractivity contribution in [2.75, 3.05) is 0 Å². The van der Waals surface area contributed by atoms with Crippen molar-refractivity contribution in [1.82, 2.24) is 9.97 Å². The van der Waals surface area contributed by atoms with Crippen molar-refractivity contribution < 1.29 is 0 Å². The molecule has 1 aromatic carbocycles. The zero-order chi connectivity index (χ0) is 10.1. The molecule has 0 bridgehead atoms. The normalized spacial score (nSPS) is 10.7. The van der Waals surface area contributed by atoms with Crippen LogP contribution in [0.4, 0.5) is 0 Å². The van der Waals surface area contributed by atoms with Crippen molar-refractivity contribution in [3.05, 3.63) is 39.9 Å². The SMILES string of the molecule is Cc1ccc2c(=O)[nH]c(CCl)nc2c1. The van der Waals surface area contributed by atoms with Crippen LogP contribution in [0, 0.1) is 6.92 Å². The Balaban J connectivity index is 2.84. The van der Waals surface area contributed by atoms with E-state index in [1.807, 2.05) is 19.1 Å². The summed E-state index contributed by atoms with van der Waals surface area (Å²) in [7, 11) is 0. The molecule has 72 valence electrons. The largest absolute Gasteiger partial charge is 0.309 e. The molecule has 4 heteroatoms. The number of alkyl halides is 1. The summed E-state index contributed by atoms with van der Waals surface area (Å²) in [6, 6.07) is 5.54. The van der Waals surface area contributed by atoms with E-state index in [1.165, 1.54) is 0 Å². The van der Waals surface area contributed by atoms with Crippen molar-refractivity contribution in [1.29, 1.82) is 0 Å². The minimum atomic E-state index is -0.134. The lowest BCUT2D eigenvalue weighted by Crippen LogP contribution is -2.10. The van der Waals surface area contributed by atoms with Crippen LogP contribution in [0.25, 0.3) is 10.9 Å². The third kappa shape index (κ3) is 1.51. The van der Waals surface area contributed by atoms with E-state index in [0.29, 0.717) is 16.7 Å². The van der Waals surface area contributed by atoms with Gasteiger partial charge in [0.2, 0.25) is 0 Å². The van der Waals surface area contributed by atoms with Gasteiger partial charge >= 0.3 is 0 Å². The quantitative estimate of drug-likeness (QED) is 0.729. The Morgan fingerprint density at radius 1 is 1.50 bits per heavy atom. The molecule has 0 aliphatic carbocycles. The minimum Gasteiger partial charge on any atom is -0.309 e. The summed E-state index contributed by atoms with van der Waals surface area (Å²) in [5.41, 5.74) is 1.64. The predicted octanol–water partition coefficient (Wildman–Crippen LogP) is 1.97. The average molecular weight is 209 g/mol. The van der Waals surface area contributed by atoms with E-state index in [-0.39, 0.29) is 11.4 Å². The van der Waals surface area contributed by atoms with Crippen LogP contribution in [0.5, 0.6) is 0 Å². The summed E-state index contributed by atoms with van der Waals surface area (Å²) in [5.74, 6) is 0.730. The van der Waals surface area contributed by atoms with Gasteiger partial charge in [-0.25, -0.2) is 4.98 Å². The van der Waals surface area contributed by atoms with Crippen molar-refractivity contribution in [3.8, 4) is 0 Å². The first-order chi connectivity index (χ1) is 6.70. The molecule has 2 rings (SSSR count). The second-order valence-corrected chi connectivity index (χ2v) is 3.43. The molecule has 0 saturated heterocycles. The van der Waals surface area contributed by atoms with Gasteiger partial charge in [-0.3, -0.25) is 4.79 Å². The number of aryl methyl sites for hydroxylation is 1. The molecule has 3 nitrogen and oxygen atoms in total. The molecule has 0 aliphatic heterocycles. The van der Waals surface area contributed by atoms with Crippen LogP contribution in [0.3, 0.4) is 0 Å². The summed E-state index contributed by atoms with van der Waals surface area (Å²) in [6.45, 7) is 1.96. The van der Waals surface area contributed by atoms with E-state index in [0.717, 1.165) is 5.56 Å². The molecule has 14 heavy (non-hydrogen) atoms. The fourth-order valence-corrected chi connectivity index (χ4v) is 1.49. The highest BCUT2D eigenvalue weighted by Gasteiger charge is 2.02. The molecule has 0 atom stereocenters. The number of hydrogen-bond acceptors (Lipinski definition) is 2. The molecule has 0 unspecified atom stereocenters. The Morgan fingerprint density at radius 3 is 3.00 bits per heavy atom. The van der Waals surface area contributed by atoms with E-state index < -0.39 is 0 Å². The van der Waals surface area contributed by atoms with Crippen molar-refractivity contribution in [3.63, 3.8) is 0 Å². The average Bonchev–Trinajstić information content (AvgIpc) is 2.16. The summed E-state index contributed by atoms with van der Waals surface area (Å²) >= 11 is 5.61. The zero-order valence-corrected chi connectivity index (χ0v) is 8.43. The molecule has 0 radical (unpaired) electrons. The summed E-state index contributed by atoms with van der Waals surface area (Å²) in [4.78, 5) is 18.4. The summed E-state index contributed by atoms with van der Waals surface area (Å²) in [6.07, 6.45) is 0. The second-order valence-electron chi connectivity index (χ2n) is 3.17. The fraction of sp³-hybridized carbons (Fsp3) is 0.200. The van der Waals surface area contributed by atoms with Crippen LogP contribution >= 0.6 is 11.6 Å². The van der Waals surface area contributed by atoms with Gasteiger partial charge in [-0.05, 0) is 24.6 Å². The molecule has 0 fully saturated rings. The first-order valence-electron chi connectivity index (χ1n) is 4.26. The number of aromatic amines is 1. The lowest BCUT2D eigenvalue weighted by molar-refractivity contribution is 1.03. The Labute approximate surface area is 85.7 Å². The van der Waals surface area contributed by atoms with E-state index in [4.69, 9.17) is 11.6 Å². The van der Waals surface area contributed by atoms with Gasteiger partial charge in [0.05, 0.1) is 16.8 Å². The molecule has 1 aromatic heterocycles. The second kappa shape index (κ2) is 3.42. The van der Waals surface area contributed by atoms with Crippen LogP contribution in [0.15, 0.2) is 23.0 Å². The Kier molecular flexibility index (Phi) is 2.25. The maximum Gasteiger partial charge on any atom is 0.258 e. The smallest absolute Gasteiger partial charge is 0.258 e. The molecule has 0 amide bonds. The van der Waals surface area contributed by atoms with Crippen LogP contribution in [-0.4, -0.2) is 9.97 Å². The highest BCUT2D eigenvalue weighted by atomic mass is 35.5. The van der Waals surface area contributed by atoms with Gasteiger partial charge in [0.25, 0.3) is 5.56 Å². The van der Waals surface area contributed by atoms with E-state index >= 15 is 0 Å². The third-order valence-electron chi connectivity index (χ3n) is 2.04. The molecular formula is C10H9ClN2O. The van der Waals surface area contributed by atoms with Crippen LogP contribution < -0.4 is 5.56 Å². The number of hydrogen-bond donors (Lipinski definition) is 1. The van der Waals surface area contributed by atoms with Gasteiger partial charge in [-0.15, -0.1) is 11.6 Å². The van der Waals surface area contributed by atoms with Crippen LogP contribution in [0.2, 0.25) is 0 Å². The first kappa shape index (κ1) is 9.21. The van der Waals surface area contributed by atoms with Gasteiger partial charge in [-0.2, -0.15) is 0 Å².